The Balaban J connectivity index is 1.43. The molecule has 1 aromatic carbocycles. The van der Waals surface area contributed by atoms with Crippen LogP contribution in [0, 0.1) is 0 Å². The zero-order chi connectivity index (χ0) is 18.6. The van der Waals surface area contributed by atoms with Crippen LogP contribution in [-0.2, 0) is 4.74 Å². The van der Waals surface area contributed by atoms with Gasteiger partial charge in [0.2, 0.25) is 0 Å². The topological polar surface area (TPSA) is 49.7 Å². The van der Waals surface area contributed by atoms with Gasteiger partial charge in [-0.2, -0.15) is 0 Å². The average molecular weight is 366 g/mol. The Hall–Kier alpha value is -2.60. The molecule has 6 heteroatoms. The zero-order valence-corrected chi connectivity index (χ0v) is 16.0. The molecule has 0 bridgehead atoms. The van der Waals surface area contributed by atoms with Gasteiger partial charge in [-0.05, 0) is 37.6 Å². The summed E-state index contributed by atoms with van der Waals surface area (Å²) < 4.78 is 11.3. The molecule has 0 saturated carbocycles. The first-order chi connectivity index (χ1) is 13.2. The van der Waals surface area contributed by atoms with Crippen LogP contribution in [0.4, 0.5) is 0 Å². The Morgan fingerprint density at radius 2 is 2.00 bits per heavy atom. The fraction of sp³-hybridized carbons (Fsp3) is 0.429. The maximum atomic E-state index is 5.90. The summed E-state index contributed by atoms with van der Waals surface area (Å²) in [6, 6.07) is 8.10. The van der Waals surface area contributed by atoms with Crippen LogP contribution in [0.1, 0.15) is 25.8 Å². The van der Waals surface area contributed by atoms with E-state index in [1.807, 2.05) is 36.4 Å². The van der Waals surface area contributed by atoms with Crippen molar-refractivity contribution in [3.63, 3.8) is 0 Å². The predicted molar refractivity (Wildman–Crippen MR) is 108 cm³/mol. The van der Waals surface area contributed by atoms with E-state index in [1.165, 1.54) is 0 Å². The molecule has 3 aliphatic rings. The summed E-state index contributed by atoms with van der Waals surface area (Å²) in [6.07, 6.45) is 7.25. The highest BCUT2D eigenvalue weighted by molar-refractivity contribution is 6.16. The Kier molecular flexibility index (Phi) is 5.25. The fourth-order valence-corrected chi connectivity index (χ4v) is 3.33. The molecule has 142 valence electrons. The monoisotopic (exact) mass is 366 g/mol. The fourth-order valence-electron chi connectivity index (χ4n) is 3.33. The third-order valence-corrected chi connectivity index (χ3v) is 4.92. The van der Waals surface area contributed by atoms with E-state index in [-0.39, 0.29) is 6.10 Å². The second kappa shape index (κ2) is 7.96. The number of amidine groups is 2. The minimum atomic E-state index is 0.177. The van der Waals surface area contributed by atoms with E-state index in [0.29, 0.717) is 6.61 Å². The molecule has 1 aromatic rings. The predicted octanol–water partition coefficient (Wildman–Crippen LogP) is 3.13. The molecule has 0 amide bonds. The van der Waals surface area contributed by atoms with Gasteiger partial charge in [-0.25, -0.2) is 9.98 Å². The van der Waals surface area contributed by atoms with Crippen LogP contribution >= 0.6 is 0 Å². The van der Waals surface area contributed by atoms with Crippen molar-refractivity contribution in [1.82, 2.24) is 9.80 Å². The second-order valence-electron chi connectivity index (χ2n) is 6.83. The lowest BCUT2D eigenvalue weighted by Crippen LogP contribution is -2.43. The summed E-state index contributed by atoms with van der Waals surface area (Å²) in [5, 5.41) is 0. The number of likely N-dealkylation sites (N-methyl/N-ethyl adjacent to an activating group) is 1. The second-order valence-corrected chi connectivity index (χ2v) is 6.83. The van der Waals surface area contributed by atoms with Crippen molar-refractivity contribution in [3.8, 4) is 5.75 Å². The molecule has 4 rings (SSSR count). The number of fused-ring (bicyclic) bond motifs is 1. The molecule has 1 fully saturated rings. The summed E-state index contributed by atoms with van der Waals surface area (Å²) in [5.41, 5.74) is 2.05. The molecule has 0 aromatic heterocycles. The van der Waals surface area contributed by atoms with E-state index in [1.54, 1.807) is 0 Å². The summed E-state index contributed by atoms with van der Waals surface area (Å²) in [6.45, 7) is 8.53. The van der Waals surface area contributed by atoms with Crippen molar-refractivity contribution < 1.29 is 9.47 Å². The van der Waals surface area contributed by atoms with Gasteiger partial charge in [0.25, 0.3) is 0 Å². The molecule has 3 aliphatic heterocycles. The van der Waals surface area contributed by atoms with Gasteiger partial charge in [-0.1, -0.05) is 18.2 Å². The van der Waals surface area contributed by atoms with E-state index in [2.05, 4.69) is 34.8 Å². The van der Waals surface area contributed by atoms with E-state index < -0.39 is 0 Å². The molecule has 0 unspecified atom stereocenters. The first-order valence-electron chi connectivity index (χ1n) is 9.66. The molecular formula is C21H26N4O2. The van der Waals surface area contributed by atoms with Gasteiger partial charge in [-0.3, -0.25) is 0 Å². The van der Waals surface area contributed by atoms with Crippen LogP contribution in [0.15, 0.2) is 52.2 Å². The quantitative estimate of drug-likeness (QED) is 0.776. The number of aliphatic imine (C=N–C) groups is 2. The van der Waals surface area contributed by atoms with Crippen LogP contribution in [0.3, 0.4) is 0 Å². The van der Waals surface area contributed by atoms with Gasteiger partial charge < -0.3 is 19.3 Å². The normalized spacial score (nSPS) is 22.0. The zero-order valence-electron chi connectivity index (χ0n) is 16.0. The van der Waals surface area contributed by atoms with Crippen molar-refractivity contribution in [3.05, 3.63) is 47.8 Å². The highest BCUT2D eigenvalue weighted by atomic mass is 16.5. The summed E-state index contributed by atoms with van der Waals surface area (Å²) >= 11 is 0. The van der Waals surface area contributed by atoms with Crippen LogP contribution in [-0.4, -0.2) is 60.5 Å². The Labute approximate surface area is 160 Å². The maximum Gasteiger partial charge on any atom is 0.160 e. The molecule has 0 spiro atoms. The van der Waals surface area contributed by atoms with Crippen molar-refractivity contribution in [1.29, 1.82) is 0 Å². The van der Waals surface area contributed by atoms with Gasteiger partial charge in [-0.15, -0.1) is 0 Å². The first-order valence-corrected chi connectivity index (χ1v) is 9.66. The first kappa shape index (κ1) is 17.8. The Morgan fingerprint density at radius 1 is 1.15 bits per heavy atom. The third-order valence-electron chi connectivity index (χ3n) is 4.92. The van der Waals surface area contributed by atoms with E-state index >= 15 is 0 Å². The number of nitrogens with zero attached hydrogens (tertiary/aromatic N) is 4. The minimum absolute atomic E-state index is 0.177. The van der Waals surface area contributed by atoms with Crippen LogP contribution < -0.4 is 4.74 Å². The van der Waals surface area contributed by atoms with Crippen LogP contribution in [0.2, 0.25) is 0 Å². The third kappa shape index (κ3) is 4.06. The van der Waals surface area contributed by atoms with Crippen LogP contribution in [0.5, 0.6) is 5.75 Å². The van der Waals surface area contributed by atoms with Crippen molar-refractivity contribution in [2.75, 3.05) is 33.0 Å². The summed E-state index contributed by atoms with van der Waals surface area (Å²) in [5.74, 6) is 2.61. The summed E-state index contributed by atoms with van der Waals surface area (Å²) in [4.78, 5) is 13.9. The Bertz CT molecular complexity index is 789. The smallest absolute Gasteiger partial charge is 0.160 e. The lowest BCUT2D eigenvalue weighted by atomic mass is 10.2. The number of hydrogen-bond donors (Lipinski definition) is 0. The molecule has 0 aliphatic carbocycles. The van der Waals surface area contributed by atoms with Crippen molar-refractivity contribution in [2.45, 2.75) is 26.4 Å². The van der Waals surface area contributed by atoms with Gasteiger partial charge in [0.05, 0.1) is 19.9 Å². The molecule has 1 atom stereocenters. The summed E-state index contributed by atoms with van der Waals surface area (Å²) in [7, 11) is 0. The molecule has 1 saturated heterocycles. The van der Waals surface area contributed by atoms with E-state index in [9.17, 15) is 0 Å². The minimum Gasteiger partial charge on any atom is -0.488 e. The van der Waals surface area contributed by atoms with E-state index in [0.717, 1.165) is 61.5 Å². The largest absolute Gasteiger partial charge is 0.488 e. The molecular weight excluding hydrogens is 340 g/mol. The van der Waals surface area contributed by atoms with Crippen molar-refractivity contribution >= 4 is 17.7 Å². The lowest BCUT2D eigenvalue weighted by molar-refractivity contribution is 0.141. The number of benzene rings is 1. The molecule has 3 heterocycles. The van der Waals surface area contributed by atoms with Gasteiger partial charge in [0.1, 0.15) is 17.6 Å². The van der Waals surface area contributed by atoms with E-state index in [4.69, 9.17) is 14.5 Å². The standard InChI is InChI=1S/C21H26N4O2/c1-3-24-13-19-21(25(4-2)15-24)23-20(22-19)10-7-16-5-8-17(9-6-16)27-18-11-12-26-14-18/h5-10,13,18H,3-4,11-12,14-15H2,1-2H3/b10-7+/t18-/m0/s1. The molecule has 27 heavy (non-hydrogen) atoms. The maximum absolute atomic E-state index is 5.90. The van der Waals surface area contributed by atoms with Crippen molar-refractivity contribution in [2.24, 2.45) is 9.98 Å². The van der Waals surface area contributed by atoms with Gasteiger partial charge in [0.15, 0.2) is 11.7 Å². The molecule has 0 N–H and O–H groups in total. The number of hydrogen-bond acceptors (Lipinski definition) is 6. The SMILES string of the molecule is CCN1C=C2N=C(/C=C/c3ccc(O[C@H]4CCOC4)cc3)N=C2N(CC)C1. The molecule has 0 radical (unpaired) electrons. The van der Waals surface area contributed by atoms with Crippen LogP contribution in [0.25, 0.3) is 6.08 Å². The lowest BCUT2D eigenvalue weighted by Gasteiger charge is -2.33. The van der Waals surface area contributed by atoms with Gasteiger partial charge in [0, 0.05) is 25.7 Å². The number of rotatable bonds is 6. The highest BCUT2D eigenvalue weighted by Gasteiger charge is 2.26. The molecule has 6 nitrogen and oxygen atoms in total. The number of ether oxygens (including phenoxy) is 2. The van der Waals surface area contributed by atoms with Gasteiger partial charge >= 0.3 is 0 Å². The average Bonchev–Trinajstić information content (AvgIpc) is 3.35. The highest BCUT2D eigenvalue weighted by Crippen LogP contribution is 2.21. The Morgan fingerprint density at radius 3 is 2.70 bits per heavy atom.